The molecule has 6 nitrogen and oxygen atoms in total. The van der Waals surface area contributed by atoms with Crippen LogP contribution in [0.15, 0.2) is 18.5 Å². The number of aliphatic carboxylic acids is 1. The molecular weight excluding hydrogens is 265 g/mol. The van der Waals surface area contributed by atoms with E-state index in [9.17, 15) is 9.18 Å². The number of carbonyl (C=O) groups is 1. The van der Waals surface area contributed by atoms with E-state index in [0.29, 0.717) is 24.2 Å². The smallest absolute Gasteiger partial charge is 0.303 e. The van der Waals surface area contributed by atoms with Crippen molar-refractivity contribution in [2.45, 2.75) is 12.8 Å². The molecule has 1 aromatic heterocycles. The molecule has 0 spiro atoms. The minimum absolute atomic E-state index is 0.0677. The number of hydrogen-bond donors (Lipinski definition) is 2. The van der Waals surface area contributed by atoms with Crippen LogP contribution in [0.2, 0.25) is 0 Å². The lowest BCUT2D eigenvalue weighted by atomic mass is 10.2. The number of ether oxygens (including phenoxy) is 1. The minimum Gasteiger partial charge on any atom is -0.494 e. The maximum Gasteiger partial charge on any atom is 0.303 e. The Kier molecular flexibility index (Phi) is 4.29. The van der Waals surface area contributed by atoms with Crippen LogP contribution in [0.1, 0.15) is 12.8 Å². The average Bonchev–Trinajstić information content (AvgIpc) is 2.44. The van der Waals surface area contributed by atoms with Crippen molar-refractivity contribution in [3.63, 3.8) is 0 Å². The third-order valence-corrected chi connectivity index (χ3v) is 2.79. The van der Waals surface area contributed by atoms with Crippen molar-refractivity contribution in [1.82, 2.24) is 9.97 Å². The van der Waals surface area contributed by atoms with Crippen molar-refractivity contribution in [3.05, 3.63) is 24.3 Å². The summed E-state index contributed by atoms with van der Waals surface area (Å²) in [4.78, 5) is 18.4. The van der Waals surface area contributed by atoms with E-state index in [-0.39, 0.29) is 17.7 Å². The number of hydrogen-bond acceptors (Lipinski definition) is 5. The fourth-order valence-corrected chi connectivity index (χ4v) is 1.82. The van der Waals surface area contributed by atoms with Crippen LogP contribution in [-0.2, 0) is 4.79 Å². The SMILES string of the molecule is COc1ccc2c(NCCCC(=O)O)ncnc2c1F. The highest BCUT2D eigenvalue weighted by atomic mass is 19.1. The highest BCUT2D eigenvalue weighted by molar-refractivity contribution is 5.90. The predicted octanol–water partition coefficient (Wildman–Crippen LogP) is 2.05. The summed E-state index contributed by atoms with van der Waals surface area (Å²) in [6.07, 6.45) is 1.78. The van der Waals surface area contributed by atoms with Gasteiger partial charge in [-0.1, -0.05) is 0 Å². The Bertz CT molecular complexity index is 634. The molecule has 0 radical (unpaired) electrons. The summed E-state index contributed by atoms with van der Waals surface area (Å²) in [5.74, 6) is -0.800. The summed E-state index contributed by atoms with van der Waals surface area (Å²) < 4.78 is 18.9. The fraction of sp³-hybridized carbons (Fsp3) is 0.308. The number of carboxylic acid groups (broad SMARTS) is 1. The summed E-state index contributed by atoms with van der Waals surface area (Å²) in [7, 11) is 1.39. The van der Waals surface area contributed by atoms with Crippen molar-refractivity contribution in [2.24, 2.45) is 0 Å². The van der Waals surface area contributed by atoms with Crippen LogP contribution in [0.25, 0.3) is 10.9 Å². The van der Waals surface area contributed by atoms with Gasteiger partial charge in [0, 0.05) is 18.4 Å². The van der Waals surface area contributed by atoms with Crippen molar-refractivity contribution < 1.29 is 19.0 Å². The molecule has 2 N–H and O–H groups in total. The quantitative estimate of drug-likeness (QED) is 0.787. The van der Waals surface area contributed by atoms with Crippen LogP contribution in [0.4, 0.5) is 10.2 Å². The Labute approximate surface area is 114 Å². The maximum absolute atomic E-state index is 14.0. The number of fused-ring (bicyclic) bond motifs is 1. The molecule has 0 aliphatic carbocycles. The molecule has 2 rings (SSSR count). The van der Waals surface area contributed by atoms with Crippen molar-refractivity contribution in [1.29, 1.82) is 0 Å². The van der Waals surface area contributed by atoms with Gasteiger partial charge < -0.3 is 15.2 Å². The molecule has 1 aromatic carbocycles. The van der Waals surface area contributed by atoms with Gasteiger partial charge in [0.1, 0.15) is 17.7 Å². The molecule has 0 unspecified atom stereocenters. The molecule has 0 saturated carbocycles. The van der Waals surface area contributed by atoms with Gasteiger partial charge in [-0.15, -0.1) is 0 Å². The summed E-state index contributed by atoms with van der Waals surface area (Å²) in [5, 5.41) is 12.1. The van der Waals surface area contributed by atoms with Gasteiger partial charge in [0.15, 0.2) is 11.6 Å². The second-order valence-corrected chi connectivity index (χ2v) is 4.12. The Morgan fingerprint density at radius 2 is 2.25 bits per heavy atom. The molecule has 106 valence electrons. The molecule has 2 aromatic rings. The van der Waals surface area contributed by atoms with Gasteiger partial charge in [0.25, 0.3) is 0 Å². The lowest BCUT2D eigenvalue weighted by Crippen LogP contribution is -2.07. The molecule has 0 aliphatic heterocycles. The van der Waals surface area contributed by atoms with Gasteiger partial charge in [-0.25, -0.2) is 14.4 Å². The third-order valence-electron chi connectivity index (χ3n) is 2.79. The Morgan fingerprint density at radius 1 is 1.45 bits per heavy atom. The zero-order valence-electron chi connectivity index (χ0n) is 10.9. The maximum atomic E-state index is 14.0. The highest BCUT2D eigenvalue weighted by Crippen LogP contribution is 2.27. The van der Waals surface area contributed by atoms with Crippen LogP contribution in [0.3, 0.4) is 0 Å². The third kappa shape index (κ3) is 2.93. The van der Waals surface area contributed by atoms with Gasteiger partial charge >= 0.3 is 5.97 Å². The molecule has 0 saturated heterocycles. The van der Waals surface area contributed by atoms with Crippen molar-refractivity contribution in [2.75, 3.05) is 19.0 Å². The number of aromatic nitrogens is 2. The Morgan fingerprint density at radius 3 is 2.95 bits per heavy atom. The number of nitrogens with zero attached hydrogens (tertiary/aromatic N) is 2. The second-order valence-electron chi connectivity index (χ2n) is 4.12. The first-order valence-corrected chi connectivity index (χ1v) is 6.06. The van der Waals surface area contributed by atoms with Crippen LogP contribution in [-0.4, -0.2) is 34.7 Å². The van der Waals surface area contributed by atoms with E-state index in [1.165, 1.54) is 19.5 Å². The zero-order valence-corrected chi connectivity index (χ0v) is 10.9. The molecule has 0 atom stereocenters. The molecule has 7 heteroatoms. The topological polar surface area (TPSA) is 84.3 Å². The molecule has 0 bridgehead atoms. The first kappa shape index (κ1) is 14.0. The number of methoxy groups -OCH3 is 1. The van der Waals surface area contributed by atoms with E-state index in [1.54, 1.807) is 6.07 Å². The lowest BCUT2D eigenvalue weighted by Gasteiger charge is -2.09. The highest BCUT2D eigenvalue weighted by Gasteiger charge is 2.12. The summed E-state index contributed by atoms with van der Waals surface area (Å²) >= 11 is 0. The van der Waals surface area contributed by atoms with E-state index in [4.69, 9.17) is 9.84 Å². The van der Waals surface area contributed by atoms with Gasteiger partial charge in [0.05, 0.1) is 7.11 Å². The van der Waals surface area contributed by atoms with E-state index in [0.717, 1.165) is 0 Å². The average molecular weight is 279 g/mol. The van der Waals surface area contributed by atoms with Gasteiger partial charge in [-0.2, -0.15) is 0 Å². The standard InChI is InChI=1S/C13H14FN3O3/c1-20-9-5-4-8-12(11(9)14)16-7-17-13(8)15-6-2-3-10(18)19/h4-5,7H,2-3,6H2,1H3,(H,18,19)(H,15,16,17). The van der Waals surface area contributed by atoms with Crippen LogP contribution < -0.4 is 10.1 Å². The number of carboxylic acids is 1. The van der Waals surface area contributed by atoms with E-state index in [1.807, 2.05) is 0 Å². The van der Waals surface area contributed by atoms with Gasteiger partial charge in [0.2, 0.25) is 0 Å². The number of benzene rings is 1. The number of anilines is 1. The van der Waals surface area contributed by atoms with Crippen LogP contribution >= 0.6 is 0 Å². The Hall–Kier alpha value is -2.44. The minimum atomic E-state index is -0.852. The first-order valence-electron chi connectivity index (χ1n) is 6.06. The van der Waals surface area contributed by atoms with Crippen LogP contribution in [0.5, 0.6) is 5.75 Å². The largest absolute Gasteiger partial charge is 0.494 e. The molecule has 0 aliphatic rings. The van der Waals surface area contributed by atoms with Gasteiger partial charge in [-0.3, -0.25) is 4.79 Å². The molecular formula is C13H14FN3O3. The number of rotatable bonds is 6. The summed E-state index contributed by atoms with van der Waals surface area (Å²) in [6, 6.07) is 3.17. The first-order chi connectivity index (χ1) is 9.63. The summed E-state index contributed by atoms with van der Waals surface area (Å²) in [5.41, 5.74) is 0.167. The monoisotopic (exact) mass is 279 g/mol. The number of nitrogens with one attached hydrogen (secondary N) is 1. The fourth-order valence-electron chi connectivity index (χ4n) is 1.82. The molecule has 20 heavy (non-hydrogen) atoms. The van der Waals surface area contributed by atoms with E-state index < -0.39 is 11.8 Å². The van der Waals surface area contributed by atoms with Crippen molar-refractivity contribution in [3.8, 4) is 5.75 Å². The Balaban J connectivity index is 2.22. The summed E-state index contributed by atoms with van der Waals surface area (Å²) in [6.45, 7) is 0.437. The van der Waals surface area contributed by atoms with E-state index in [2.05, 4.69) is 15.3 Å². The predicted molar refractivity (Wildman–Crippen MR) is 71.4 cm³/mol. The normalized spacial score (nSPS) is 10.5. The van der Waals surface area contributed by atoms with Gasteiger partial charge in [-0.05, 0) is 18.6 Å². The van der Waals surface area contributed by atoms with E-state index >= 15 is 0 Å². The number of halogens is 1. The van der Waals surface area contributed by atoms with Crippen molar-refractivity contribution >= 4 is 22.7 Å². The second kappa shape index (κ2) is 6.14. The molecule has 0 amide bonds. The van der Waals surface area contributed by atoms with Crippen LogP contribution in [0, 0.1) is 5.82 Å². The molecule has 1 heterocycles. The lowest BCUT2D eigenvalue weighted by molar-refractivity contribution is -0.137. The molecule has 0 fully saturated rings. The zero-order chi connectivity index (χ0) is 14.5.